The van der Waals surface area contributed by atoms with E-state index in [4.69, 9.17) is 0 Å². The van der Waals surface area contributed by atoms with Crippen LogP contribution in [-0.2, 0) is 11.8 Å². The van der Waals surface area contributed by atoms with Crippen molar-refractivity contribution in [1.82, 2.24) is 0 Å². The minimum Gasteiger partial charge on any atom is -0.508 e. The summed E-state index contributed by atoms with van der Waals surface area (Å²) in [5.41, 5.74) is 2.60. The molecule has 1 saturated carbocycles. The number of phenols is 1. The molecule has 1 fully saturated rings. The molecule has 1 N–H and O–H groups in total. The minimum atomic E-state index is 0.128. The molecule has 0 spiro atoms. The third-order valence-corrected chi connectivity index (χ3v) is 3.15. The first-order chi connectivity index (χ1) is 6.98. The van der Waals surface area contributed by atoms with Gasteiger partial charge in [0.15, 0.2) is 0 Å². The lowest BCUT2D eigenvalue weighted by molar-refractivity contribution is 0.459. The molecule has 0 saturated heterocycles. The summed E-state index contributed by atoms with van der Waals surface area (Å²) in [5, 5.41) is 9.93. The Labute approximate surface area is 92.1 Å². The lowest BCUT2D eigenvalue weighted by atomic mass is 9.82. The van der Waals surface area contributed by atoms with Gasteiger partial charge < -0.3 is 5.11 Å². The molecule has 0 aromatic heterocycles. The van der Waals surface area contributed by atoms with Crippen LogP contribution in [0.1, 0.15) is 44.7 Å². The molecule has 0 heterocycles. The van der Waals surface area contributed by atoms with E-state index in [2.05, 4.69) is 26.8 Å². The Balaban J connectivity index is 2.38. The first-order valence-electron chi connectivity index (χ1n) is 5.80. The number of rotatable bonds is 2. The maximum absolute atomic E-state index is 9.93. The molecule has 82 valence electrons. The molecule has 2 rings (SSSR count). The summed E-state index contributed by atoms with van der Waals surface area (Å²) in [6, 6.07) is 5.91. The highest BCUT2D eigenvalue weighted by molar-refractivity contribution is 5.43. The van der Waals surface area contributed by atoms with Crippen molar-refractivity contribution < 1.29 is 5.11 Å². The zero-order chi connectivity index (χ0) is 11.1. The lowest BCUT2D eigenvalue weighted by Gasteiger charge is -2.23. The molecular weight excluding hydrogens is 184 g/mol. The van der Waals surface area contributed by atoms with E-state index in [1.165, 1.54) is 24.0 Å². The van der Waals surface area contributed by atoms with Crippen molar-refractivity contribution >= 4 is 0 Å². The van der Waals surface area contributed by atoms with E-state index in [-0.39, 0.29) is 5.41 Å². The van der Waals surface area contributed by atoms with Crippen LogP contribution in [0.25, 0.3) is 0 Å². The van der Waals surface area contributed by atoms with Gasteiger partial charge in [-0.3, -0.25) is 0 Å². The monoisotopic (exact) mass is 204 g/mol. The maximum Gasteiger partial charge on any atom is 0.119 e. The maximum atomic E-state index is 9.93. The molecule has 0 aliphatic heterocycles. The summed E-state index contributed by atoms with van der Waals surface area (Å²) in [4.78, 5) is 0. The molecule has 1 heteroatoms. The molecule has 1 aliphatic carbocycles. The van der Waals surface area contributed by atoms with Gasteiger partial charge in [-0.1, -0.05) is 32.9 Å². The van der Waals surface area contributed by atoms with Crippen molar-refractivity contribution in [3.8, 4) is 5.75 Å². The van der Waals surface area contributed by atoms with E-state index >= 15 is 0 Å². The predicted molar refractivity (Wildman–Crippen MR) is 63.2 cm³/mol. The normalized spacial score (nSPS) is 16.7. The number of phenolic OH excluding ortho intramolecular Hbond substituents is 1. The van der Waals surface area contributed by atoms with Gasteiger partial charge >= 0.3 is 0 Å². The van der Waals surface area contributed by atoms with E-state index in [9.17, 15) is 5.11 Å². The molecular formula is C14H20O. The van der Waals surface area contributed by atoms with Crippen LogP contribution < -0.4 is 0 Å². The van der Waals surface area contributed by atoms with Gasteiger partial charge in [0, 0.05) is 0 Å². The fourth-order valence-electron chi connectivity index (χ4n) is 2.10. The van der Waals surface area contributed by atoms with Gasteiger partial charge in [0.1, 0.15) is 5.75 Å². The quantitative estimate of drug-likeness (QED) is 0.779. The van der Waals surface area contributed by atoms with E-state index < -0.39 is 0 Å². The van der Waals surface area contributed by atoms with Crippen LogP contribution in [0.15, 0.2) is 18.2 Å². The van der Waals surface area contributed by atoms with Gasteiger partial charge in [-0.25, -0.2) is 0 Å². The van der Waals surface area contributed by atoms with Gasteiger partial charge in [0.05, 0.1) is 0 Å². The van der Waals surface area contributed by atoms with Gasteiger partial charge in [0.25, 0.3) is 0 Å². The molecule has 1 aromatic rings. The highest BCUT2D eigenvalue weighted by atomic mass is 16.3. The molecule has 1 aliphatic rings. The topological polar surface area (TPSA) is 20.2 Å². The standard InChI is InChI=1S/C14H20O/c1-14(2,3)12-5-4-6-13(15)11(12)9-10-7-8-10/h4-6,10,15H,7-9H2,1-3H3. The van der Waals surface area contributed by atoms with E-state index in [1.807, 2.05) is 12.1 Å². The van der Waals surface area contributed by atoms with E-state index in [0.717, 1.165) is 12.3 Å². The van der Waals surface area contributed by atoms with Crippen molar-refractivity contribution in [2.45, 2.75) is 45.4 Å². The Morgan fingerprint density at radius 1 is 1.27 bits per heavy atom. The second-order valence-corrected chi connectivity index (χ2v) is 5.70. The molecule has 0 unspecified atom stereocenters. The summed E-state index contributed by atoms with van der Waals surface area (Å²) in [6.45, 7) is 6.62. The Kier molecular flexibility index (Phi) is 2.49. The Morgan fingerprint density at radius 2 is 1.93 bits per heavy atom. The van der Waals surface area contributed by atoms with Crippen LogP contribution in [0.5, 0.6) is 5.75 Å². The van der Waals surface area contributed by atoms with Crippen LogP contribution in [-0.4, -0.2) is 5.11 Å². The van der Waals surface area contributed by atoms with E-state index in [0.29, 0.717) is 5.75 Å². The summed E-state index contributed by atoms with van der Waals surface area (Å²) < 4.78 is 0. The Morgan fingerprint density at radius 3 is 2.47 bits per heavy atom. The SMILES string of the molecule is CC(C)(C)c1cccc(O)c1CC1CC1. The molecule has 0 radical (unpaired) electrons. The molecule has 0 amide bonds. The number of hydrogen-bond donors (Lipinski definition) is 1. The summed E-state index contributed by atoms with van der Waals surface area (Å²) >= 11 is 0. The molecule has 0 bridgehead atoms. The lowest BCUT2D eigenvalue weighted by Crippen LogP contribution is -2.14. The molecule has 15 heavy (non-hydrogen) atoms. The third-order valence-electron chi connectivity index (χ3n) is 3.15. The second-order valence-electron chi connectivity index (χ2n) is 5.70. The molecule has 1 aromatic carbocycles. The van der Waals surface area contributed by atoms with Gasteiger partial charge in [0.2, 0.25) is 0 Å². The van der Waals surface area contributed by atoms with Crippen LogP contribution in [0.3, 0.4) is 0 Å². The molecule has 0 atom stereocenters. The number of aromatic hydroxyl groups is 1. The van der Waals surface area contributed by atoms with Crippen molar-refractivity contribution in [2.24, 2.45) is 5.92 Å². The highest BCUT2D eigenvalue weighted by Gasteiger charge is 2.27. The highest BCUT2D eigenvalue weighted by Crippen LogP contribution is 2.39. The first-order valence-corrected chi connectivity index (χ1v) is 5.80. The third kappa shape index (κ3) is 2.34. The zero-order valence-corrected chi connectivity index (χ0v) is 9.88. The van der Waals surface area contributed by atoms with Gasteiger partial charge in [-0.2, -0.15) is 0 Å². The first kappa shape index (κ1) is 10.5. The van der Waals surface area contributed by atoms with Crippen LogP contribution in [0.4, 0.5) is 0 Å². The zero-order valence-electron chi connectivity index (χ0n) is 9.88. The van der Waals surface area contributed by atoms with Crippen LogP contribution in [0.2, 0.25) is 0 Å². The fraction of sp³-hybridized carbons (Fsp3) is 0.571. The van der Waals surface area contributed by atoms with Gasteiger partial charge in [-0.05, 0) is 47.8 Å². The second kappa shape index (κ2) is 3.55. The smallest absolute Gasteiger partial charge is 0.119 e. The van der Waals surface area contributed by atoms with Crippen LogP contribution in [0, 0.1) is 5.92 Å². The molecule has 1 nitrogen and oxygen atoms in total. The largest absolute Gasteiger partial charge is 0.508 e. The summed E-state index contributed by atoms with van der Waals surface area (Å²) in [6.07, 6.45) is 3.72. The summed E-state index contributed by atoms with van der Waals surface area (Å²) in [7, 11) is 0. The number of benzene rings is 1. The minimum absolute atomic E-state index is 0.128. The van der Waals surface area contributed by atoms with E-state index in [1.54, 1.807) is 0 Å². The van der Waals surface area contributed by atoms with Crippen molar-refractivity contribution in [3.05, 3.63) is 29.3 Å². The van der Waals surface area contributed by atoms with Crippen molar-refractivity contribution in [2.75, 3.05) is 0 Å². The van der Waals surface area contributed by atoms with Crippen LogP contribution >= 0.6 is 0 Å². The Bertz CT molecular complexity index is 356. The van der Waals surface area contributed by atoms with Crippen molar-refractivity contribution in [3.63, 3.8) is 0 Å². The van der Waals surface area contributed by atoms with Crippen molar-refractivity contribution in [1.29, 1.82) is 0 Å². The van der Waals surface area contributed by atoms with Gasteiger partial charge in [-0.15, -0.1) is 0 Å². The average molecular weight is 204 g/mol. The Hall–Kier alpha value is -0.980. The predicted octanol–water partition coefficient (Wildman–Crippen LogP) is 3.64. The fourth-order valence-corrected chi connectivity index (χ4v) is 2.10. The number of hydrogen-bond acceptors (Lipinski definition) is 1. The summed E-state index contributed by atoms with van der Waals surface area (Å²) in [5.74, 6) is 1.30. The average Bonchev–Trinajstić information content (AvgIpc) is 2.90.